The number of benzene rings is 1. The van der Waals surface area contributed by atoms with Crippen molar-refractivity contribution in [3.05, 3.63) is 40.4 Å². The summed E-state index contributed by atoms with van der Waals surface area (Å²) < 4.78 is 1.67. The minimum Gasteiger partial charge on any atom is -0.220 e. The number of halogens is 2. The molecular formula is C9H7Cl2N3. The molecule has 0 atom stereocenters. The second-order valence-corrected chi connectivity index (χ2v) is 3.66. The van der Waals surface area contributed by atoms with E-state index in [-0.39, 0.29) is 0 Å². The molecule has 0 N–H and O–H groups in total. The number of nitrogens with zero attached hydrogens (tertiary/aromatic N) is 3. The highest BCUT2D eigenvalue weighted by molar-refractivity contribution is 6.35. The highest BCUT2D eigenvalue weighted by Gasteiger charge is 2.06. The zero-order valence-electron chi connectivity index (χ0n) is 7.41. The topological polar surface area (TPSA) is 30.7 Å². The third kappa shape index (κ3) is 1.61. The van der Waals surface area contributed by atoms with Gasteiger partial charge < -0.3 is 0 Å². The number of rotatable bonds is 1. The predicted octanol–water partition coefficient (Wildman–Crippen LogP) is 2.88. The van der Waals surface area contributed by atoms with E-state index in [1.807, 2.05) is 13.0 Å². The van der Waals surface area contributed by atoms with Crippen LogP contribution in [0, 0.1) is 6.92 Å². The molecule has 0 radical (unpaired) electrons. The number of hydrogen-bond acceptors (Lipinski definition) is 2. The average molecular weight is 228 g/mol. The standard InChI is InChI=1S/C9H7Cl2N3/c1-6-12-5-13-14(6)9-3-2-7(10)4-8(9)11/h2-5H,1H3. The molecule has 0 bridgehead atoms. The molecule has 3 nitrogen and oxygen atoms in total. The van der Waals surface area contributed by atoms with Crippen molar-refractivity contribution >= 4 is 23.2 Å². The minimum absolute atomic E-state index is 0.561. The van der Waals surface area contributed by atoms with Gasteiger partial charge in [-0.25, -0.2) is 9.67 Å². The van der Waals surface area contributed by atoms with Crippen LogP contribution in [0.25, 0.3) is 5.69 Å². The van der Waals surface area contributed by atoms with E-state index in [9.17, 15) is 0 Å². The lowest BCUT2D eigenvalue weighted by molar-refractivity contribution is 0.840. The molecule has 0 aliphatic carbocycles. The van der Waals surface area contributed by atoms with Crippen molar-refractivity contribution in [2.24, 2.45) is 0 Å². The first kappa shape index (κ1) is 9.49. The van der Waals surface area contributed by atoms with Crippen LogP contribution >= 0.6 is 23.2 Å². The van der Waals surface area contributed by atoms with E-state index >= 15 is 0 Å². The van der Waals surface area contributed by atoms with E-state index in [2.05, 4.69) is 10.1 Å². The molecule has 0 fully saturated rings. The summed E-state index contributed by atoms with van der Waals surface area (Å²) in [7, 11) is 0. The largest absolute Gasteiger partial charge is 0.220 e. The fraction of sp³-hybridized carbons (Fsp3) is 0.111. The summed E-state index contributed by atoms with van der Waals surface area (Å²) in [5.41, 5.74) is 0.783. The first-order valence-corrected chi connectivity index (χ1v) is 4.76. The van der Waals surface area contributed by atoms with E-state index in [0.29, 0.717) is 10.0 Å². The lowest BCUT2D eigenvalue weighted by Gasteiger charge is -2.05. The monoisotopic (exact) mass is 227 g/mol. The van der Waals surface area contributed by atoms with Gasteiger partial charge in [-0.3, -0.25) is 0 Å². The Morgan fingerprint density at radius 2 is 2.07 bits per heavy atom. The number of aryl methyl sites for hydroxylation is 1. The zero-order valence-corrected chi connectivity index (χ0v) is 8.92. The molecule has 1 heterocycles. The molecule has 72 valence electrons. The van der Waals surface area contributed by atoms with E-state index in [4.69, 9.17) is 23.2 Å². The summed E-state index contributed by atoms with van der Waals surface area (Å²) in [4.78, 5) is 4.02. The summed E-state index contributed by atoms with van der Waals surface area (Å²) in [5.74, 6) is 0.786. The molecule has 0 spiro atoms. The second kappa shape index (κ2) is 3.59. The Kier molecular flexibility index (Phi) is 2.44. The van der Waals surface area contributed by atoms with Gasteiger partial charge in [-0.1, -0.05) is 23.2 Å². The quantitative estimate of drug-likeness (QED) is 0.751. The lowest BCUT2D eigenvalue weighted by Crippen LogP contribution is -1.99. The van der Waals surface area contributed by atoms with Crippen LogP contribution in [0.3, 0.4) is 0 Å². The fourth-order valence-electron chi connectivity index (χ4n) is 1.19. The number of hydrogen-bond donors (Lipinski definition) is 0. The molecule has 0 amide bonds. The van der Waals surface area contributed by atoms with Gasteiger partial charge in [-0.05, 0) is 25.1 Å². The highest BCUT2D eigenvalue weighted by Crippen LogP contribution is 2.24. The summed E-state index contributed by atoms with van der Waals surface area (Å²) in [5, 5.41) is 5.22. The van der Waals surface area contributed by atoms with Gasteiger partial charge in [-0.2, -0.15) is 5.10 Å². The van der Waals surface area contributed by atoms with Crippen molar-refractivity contribution in [2.75, 3.05) is 0 Å². The molecule has 2 rings (SSSR count). The van der Waals surface area contributed by atoms with Gasteiger partial charge in [0.2, 0.25) is 0 Å². The van der Waals surface area contributed by atoms with Gasteiger partial charge in [0.15, 0.2) is 0 Å². The molecule has 1 aromatic carbocycles. The van der Waals surface area contributed by atoms with Crippen LogP contribution in [0.4, 0.5) is 0 Å². The van der Waals surface area contributed by atoms with Crippen molar-refractivity contribution in [1.82, 2.24) is 14.8 Å². The number of aromatic nitrogens is 3. The Bertz CT molecular complexity index is 465. The predicted molar refractivity (Wildman–Crippen MR) is 56.1 cm³/mol. The molecule has 0 saturated heterocycles. The molecule has 0 aliphatic heterocycles. The van der Waals surface area contributed by atoms with Crippen LogP contribution in [0.1, 0.15) is 5.82 Å². The maximum Gasteiger partial charge on any atom is 0.138 e. The summed E-state index contributed by atoms with van der Waals surface area (Å²) in [6, 6.07) is 5.26. The third-order valence-electron chi connectivity index (χ3n) is 1.86. The van der Waals surface area contributed by atoms with Crippen LogP contribution in [0.2, 0.25) is 10.0 Å². The van der Waals surface area contributed by atoms with Crippen LogP contribution in [-0.2, 0) is 0 Å². The maximum absolute atomic E-state index is 6.02. The Morgan fingerprint density at radius 1 is 1.29 bits per heavy atom. The van der Waals surface area contributed by atoms with E-state index < -0.39 is 0 Å². The van der Waals surface area contributed by atoms with Gasteiger partial charge in [0.1, 0.15) is 12.2 Å². The van der Waals surface area contributed by atoms with Gasteiger partial charge in [-0.15, -0.1) is 0 Å². The van der Waals surface area contributed by atoms with Crippen molar-refractivity contribution in [3.8, 4) is 5.69 Å². The lowest BCUT2D eigenvalue weighted by atomic mass is 10.3. The SMILES string of the molecule is Cc1ncnn1-c1ccc(Cl)cc1Cl. The minimum atomic E-state index is 0.561. The van der Waals surface area contributed by atoms with Gasteiger partial charge in [0.25, 0.3) is 0 Å². The first-order valence-electron chi connectivity index (χ1n) is 4.00. The van der Waals surface area contributed by atoms with Gasteiger partial charge in [0.05, 0.1) is 10.7 Å². The van der Waals surface area contributed by atoms with E-state index in [1.54, 1.807) is 16.8 Å². The molecule has 0 saturated carbocycles. The third-order valence-corrected chi connectivity index (χ3v) is 2.39. The summed E-state index contributed by atoms with van der Waals surface area (Å²) in [6.45, 7) is 1.86. The molecule has 0 aliphatic rings. The zero-order chi connectivity index (χ0) is 10.1. The van der Waals surface area contributed by atoms with Gasteiger partial charge in [0, 0.05) is 5.02 Å². The molecule has 5 heteroatoms. The second-order valence-electron chi connectivity index (χ2n) is 2.81. The Balaban J connectivity index is 2.58. The molecule has 2 aromatic rings. The van der Waals surface area contributed by atoms with Crippen LogP contribution < -0.4 is 0 Å². The van der Waals surface area contributed by atoms with E-state index in [1.165, 1.54) is 6.33 Å². The average Bonchev–Trinajstić information content (AvgIpc) is 2.52. The first-order chi connectivity index (χ1) is 6.68. The summed E-state index contributed by atoms with van der Waals surface area (Å²) >= 11 is 11.8. The van der Waals surface area contributed by atoms with Crippen LogP contribution in [0.5, 0.6) is 0 Å². The maximum atomic E-state index is 6.02. The van der Waals surface area contributed by atoms with Crippen molar-refractivity contribution < 1.29 is 0 Å². The smallest absolute Gasteiger partial charge is 0.138 e. The van der Waals surface area contributed by atoms with Crippen molar-refractivity contribution in [2.45, 2.75) is 6.92 Å². The van der Waals surface area contributed by atoms with Crippen LogP contribution in [-0.4, -0.2) is 14.8 Å². The van der Waals surface area contributed by atoms with Crippen molar-refractivity contribution in [1.29, 1.82) is 0 Å². The molecule has 0 unspecified atom stereocenters. The Hall–Kier alpha value is -1.06. The van der Waals surface area contributed by atoms with E-state index in [0.717, 1.165) is 11.5 Å². The summed E-state index contributed by atoms with van der Waals surface area (Å²) in [6.07, 6.45) is 1.49. The van der Waals surface area contributed by atoms with Gasteiger partial charge >= 0.3 is 0 Å². The molecule has 14 heavy (non-hydrogen) atoms. The van der Waals surface area contributed by atoms with Crippen molar-refractivity contribution in [3.63, 3.8) is 0 Å². The normalized spacial score (nSPS) is 10.5. The Morgan fingerprint density at radius 3 is 2.64 bits per heavy atom. The Labute approximate surface area is 91.3 Å². The molecule has 1 aromatic heterocycles. The molecular weight excluding hydrogens is 221 g/mol. The highest BCUT2D eigenvalue weighted by atomic mass is 35.5. The fourth-order valence-corrected chi connectivity index (χ4v) is 1.68. The van der Waals surface area contributed by atoms with Crippen LogP contribution in [0.15, 0.2) is 24.5 Å².